The Morgan fingerprint density at radius 3 is 2.41 bits per heavy atom. The first-order chi connectivity index (χ1) is 13.6. The summed E-state index contributed by atoms with van der Waals surface area (Å²) < 4.78 is 31.7. The van der Waals surface area contributed by atoms with Crippen molar-refractivity contribution in [1.82, 2.24) is 20.0 Å². The highest BCUT2D eigenvalue weighted by Gasteiger charge is 2.38. The van der Waals surface area contributed by atoms with E-state index in [1.165, 1.54) is 0 Å². The second-order valence-electron chi connectivity index (χ2n) is 6.47. The van der Waals surface area contributed by atoms with Gasteiger partial charge in [-0.3, -0.25) is 9.89 Å². The monoisotopic (exact) mass is 413 g/mol. The summed E-state index contributed by atoms with van der Waals surface area (Å²) in [5, 5.41) is 14.0. The van der Waals surface area contributed by atoms with Crippen LogP contribution in [0.4, 0.5) is 13.2 Å². The van der Waals surface area contributed by atoms with Crippen LogP contribution in [-0.2, 0) is 11.3 Å². The fraction of sp³-hybridized carbons (Fsp3) is 0.389. The molecule has 0 bridgehead atoms. The van der Waals surface area contributed by atoms with E-state index in [0.717, 1.165) is 24.3 Å². The average molecular weight is 413 g/mol. The number of likely N-dealkylation sites (N-methyl/N-ethyl adjacent to an activating group) is 1. The maximum Gasteiger partial charge on any atom is 0.490 e. The molecule has 29 heavy (non-hydrogen) atoms. The lowest BCUT2D eigenvalue weighted by atomic mass is 10.0. The summed E-state index contributed by atoms with van der Waals surface area (Å²) in [5.74, 6) is -2.80. The van der Waals surface area contributed by atoms with Crippen LogP contribution < -0.4 is 5.73 Å². The number of hydrogen-bond donors (Lipinski definition) is 3. The summed E-state index contributed by atoms with van der Waals surface area (Å²) in [5.41, 5.74) is 7.93. The predicted molar refractivity (Wildman–Crippen MR) is 97.9 cm³/mol. The maximum atomic E-state index is 12.8. The quantitative estimate of drug-likeness (QED) is 0.705. The summed E-state index contributed by atoms with van der Waals surface area (Å²) in [4.78, 5) is 25.9. The standard InChI is InChI=1S/C16H21N5O.C2HF3O2/c1-20-7-8-21(15(11-20)12-5-3-2-4-6-12)16(22)14-9-13(10-17)18-19-14;3-2(4,5)1(6)7/h2-6,9,15H,7-8,10-11,17H2,1H3,(H,18,19);(H,6,7). The lowest BCUT2D eigenvalue weighted by Gasteiger charge is -2.40. The molecule has 0 radical (unpaired) electrons. The summed E-state index contributed by atoms with van der Waals surface area (Å²) in [6, 6.07) is 11.9. The number of nitrogens with zero attached hydrogens (tertiary/aromatic N) is 3. The van der Waals surface area contributed by atoms with E-state index in [1.807, 2.05) is 23.1 Å². The van der Waals surface area contributed by atoms with Crippen LogP contribution in [0.25, 0.3) is 0 Å². The zero-order chi connectivity index (χ0) is 21.6. The van der Waals surface area contributed by atoms with Crippen LogP contribution in [0, 0.1) is 0 Å². The summed E-state index contributed by atoms with van der Waals surface area (Å²) in [6.45, 7) is 2.73. The first-order valence-corrected chi connectivity index (χ1v) is 8.72. The fourth-order valence-electron chi connectivity index (χ4n) is 2.85. The van der Waals surface area contributed by atoms with Crippen molar-refractivity contribution < 1.29 is 27.9 Å². The van der Waals surface area contributed by atoms with Gasteiger partial charge in [0.25, 0.3) is 5.91 Å². The first-order valence-electron chi connectivity index (χ1n) is 8.72. The smallest absolute Gasteiger partial charge is 0.475 e. The third kappa shape index (κ3) is 6.03. The molecule has 1 saturated heterocycles. The molecule has 0 aliphatic carbocycles. The molecule has 1 aliphatic rings. The molecule has 1 unspecified atom stereocenters. The molecule has 1 aromatic heterocycles. The van der Waals surface area contributed by atoms with Crippen molar-refractivity contribution in [2.45, 2.75) is 18.8 Å². The summed E-state index contributed by atoms with van der Waals surface area (Å²) in [7, 11) is 2.08. The van der Waals surface area contributed by atoms with Crippen LogP contribution in [0.5, 0.6) is 0 Å². The number of hydrogen-bond acceptors (Lipinski definition) is 5. The number of H-pyrrole nitrogens is 1. The zero-order valence-electron chi connectivity index (χ0n) is 15.7. The van der Waals surface area contributed by atoms with Crippen LogP contribution in [0.3, 0.4) is 0 Å². The van der Waals surface area contributed by atoms with Gasteiger partial charge in [-0.1, -0.05) is 30.3 Å². The third-order valence-corrected chi connectivity index (χ3v) is 4.34. The Morgan fingerprint density at radius 1 is 1.28 bits per heavy atom. The maximum absolute atomic E-state index is 12.8. The van der Waals surface area contributed by atoms with E-state index in [0.29, 0.717) is 18.8 Å². The number of halogens is 3. The molecule has 0 saturated carbocycles. The Morgan fingerprint density at radius 2 is 1.90 bits per heavy atom. The Balaban J connectivity index is 0.000000370. The Labute approximate surface area is 165 Å². The van der Waals surface area contributed by atoms with Gasteiger partial charge in [-0.25, -0.2) is 4.79 Å². The number of nitrogens with two attached hydrogens (primary N) is 1. The summed E-state index contributed by atoms with van der Waals surface area (Å²) in [6.07, 6.45) is -5.08. The van der Waals surface area contributed by atoms with Crippen LogP contribution >= 0.6 is 0 Å². The largest absolute Gasteiger partial charge is 0.490 e. The average Bonchev–Trinajstić information content (AvgIpc) is 3.17. The topological polar surface area (TPSA) is 116 Å². The molecule has 1 amide bonds. The second kappa shape index (κ2) is 9.52. The van der Waals surface area contributed by atoms with Gasteiger partial charge in [0.2, 0.25) is 0 Å². The van der Waals surface area contributed by atoms with Crippen LogP contribution in [0.1, 0.15) is 27.8 Å². The number of aromatic amines is 1. The molecule has 1 aromatic carbocycles. The minimum atomic E-state index is -5.08. The predicted octanol–water partition coefficient (Wildman–Crippen LogP) is 1.63. The van der Waals surface area contributed by atoms with Crippen molar-refractivity contribution in [3.05, 3.63) is 53.3 Å². The van der Waals surface area contributed by atoms with E-state index in [9.17, 15) is 18.0 Å². The van der Waals surface area contributed by atoms with E-state index in [2.05, 4.69) is 34.3 Å². The minimum Gasteiger partial charge on any atom is -0.475 e. The number of carboxylic acid groups (broad SMARTS) is 1. The van der Waals surface area contributed by atoms with Crippen molar-refractivity contribution in [1.29, 1.82) is 0 Å². The van der Waals surface area contributed by atoms with Gasteiger partial charge in [-0.05, 0) is 18.7 Å². The Hall–Kier alpha value is -2.92. The normalized spacial score (nSPS) is 17.4. The highest BCUT2D eigenvalue weighted by molar-refractivity contribution is 5.92. The Bertz CT molecular complexity index is 826. The van der Waals surface area contributed by atoms with E-state index in [4.69, 9.17) is 15.6 Å². The van der Waals surface area contributed by atoms with Gasteiger partial charge in [-0.15, -0.1) is 0 Å². The van der Waals surface area contributed by atoms with Gasteiger partial charge >= 0.3 is 12.1 Å². The van der Waals surface area contributed by atoms with E-state index in [1.54, 1.807) is 6.07 Å². The first kappa shape index (κ1) is 22.4. The number of piperazine rings is 1. The van der Waals surface area contributed by atoms with Crippen molar-refractivity contribution in [2.24, 2.45) is 5.73 Å². The molecule has 1 aliphatic heterocycles. The molecule has 1 atom stereocenters. The number of alkyl halides is 3. The van der Waals surface area contributed by atoms with Crippen molar-refractivity contribution in [3.63, 3.8) is 0 Å². The third-order valence-electron chi connectivity index (χ3n) is 4.34. The SMILES string of the molecule is CN1CCN(C(=O)c2cc(CN)[nH]n2)C(c2ccccc2)C1.O=C(O)C(F)(F)F. The number of carbonyl (C=O) groups excluding carboxylic acids is 1. The molecule has 158 valence electrons. The molecule has 8 nitrogen and oxygen atoms in total. The molecule has 1 fully saturated rings. The lowest BCUT2D eigenvalue weighted by molar-refractivity contribution is -0.192. The van der Waals surface area contributed by atoms with Crippen molar-refractivity contribution in [3.8, 4) is 0 Å². The molecular weight excluding hydrogens is 391 g/mol. The van der Waals surface area contributed by atoms with E-state index < -0.39 is 12.1 Å². The Kier molecular flexibility index (Phi) is 7.35. The van der Waals surface area contributed by atoms with Gasteiger partial charge in [0, 0.05) is 31.9 Å². The molecule has 2 aromatic rings. The number of aromatic nitrogens is 2. The van der Waals surface area contributed by atoms with Crippen LogP contribution in [0.15, 0.2) is 36.4 Å². The van der Waals surface area contributed by atoms with Crippen LogP contribution in [-0.4, -0.2) is 69.8 Å². The van der Waals surface area contributed by atoms with Gasteiger partial charge in [0.15, 0.2) is 0 Å². The van der Waals surface area contributed by atoms with Gasteiger partial charge in [-0.2, -0.15) is 18.3 Å². The van der Waals surface area contributed by atoms with Gasteiger partial charge in [0.1, 0.15) is 5.69 Å². The second-order valence-corrected chi connectivity index (χ2v) is 6.47. The molecule has 3 rings (SSSR count). The molecule has 4 N–H and O–H groups in total. The van der Waals surface area contributed by atoms with Crippen molar-refractivity contribution >= 4 is 11.9 Å². The number of carbonyl (C=O) groups is 2. The van der Waals surface area contributed by atoms with Crippen LogP contribution in [0.2, 0.25) is 0 Å². The number of amides is 1. The number of aliphatic carboxylic acids is 1. The fourth-order valence-corrected chi connectivity index (χ4v) is 2.85. The van der Waals surface area contributed by atoms with Crippen molar-refractivity contribution in [2.75, 3.05) is 26.7 Å². The minimum absolute atomic E-state index is 0.0436. The summed E-state index contributed by atoms with van der Waals surface area (Å²) >= 11 is 0. The number of rotatable bonds is 3. The van der Waals surface area contributed by atoms with E-state index >= 15 is 0 Å². The van der Waals surface area contributed by atoms with Gasteiger partial charge < -0.3 is 20.6 Å². The number of benzene rings is 1. The molecule has 0 spiro atoms. The highest BCUT2D eigenvalue weighted by Crippen LogP contribution is 2.26. The molecule has 2 heterocycles. The lowest BCUT2D eigenvalue weighted by Crippen LogP contribution is -2.49. The number of nitrogens with one attached hydrogen (secondary N) is 1. The molecular formula is C18H22F3N5O3. The highest BCUT2D eigenvalue weighted by atomic mass is 19.4. The van der Waals surface area contributed by atoms with Gasteiger partial charge in [0.05, 0.1) is 6.04 Å². The van der Waals surface area contributed by atoms with E-state index in [-0.39, 0.29) is 11.9 Å². The molecule has 11 heteroatoms. The number of carboxylic acids is 1. The zero-order valence-corrected chi connectivity index (χ0v) is 15.7.